The van der Waals surface area contributed by atoms with E-state index in [2.05, 4.69) is 22.4 Å². The molecule has 2 rings (SSSR count). The molecule has 1 heterocycles. The second kappa shape index (κ2) is 9.85. The number of carbonyl (C=O) groups excluding carboxylic acids is 1. The van der Waals surface area contributed by atoms with Crippen LogP contribution in [0.2, 0.25) is 0 Å². The number of nitrogens with zero attached hydrogens (tertiary/aromatic N) is 2. The van der Waals surface area contributed by atoms with Gasteiger partial charge in [-0.1, -0.05) is 12.2 Å². The van der Waals surface area contributed by atoms with Gasteiger partial charge in [-0.05, 0) is 38.5 Å². The highest BCUT2D eigenvalue weighted by atomic mass is 16.5. The summed E-state index contributed by atoms with van der Waals surface area (Å²) in [6.07, 6.45) is 9.03. The topological polar surface area (TPSA) is 44.8 Å². The molecule has 1 fully saturated rings. The number of carbonyl (C=O) groups is 1. The molecule has 0 radical (unpaired) electrons. The summed E-state index contributed by atoms with van der Waals surface area (Å²) in [7, 11) is 0. The average Bonchev–Trinajstić information content (AvgIpc) is 2.56. The minimum absolute atomic E-state index is 0.0963. The minimum atomic E-state index is 0.0963. The van der Waals surface area contributed by atoms with Gasteiger partial charge in [0.15, 0.2) is 0 Å². The number of urea groups is 1. The Morgan fingerprint density at radius 1 is 1.36 bits per heavy atom. The molecule has 0 bridgehead atoms. The summed E-state index contributed by atoms with van der Waals surface area (Å²) in [5.41, 5.74) is 0. The summed E-state index contributed by atoms with van der Waals surface area (Å²) in [5, 5.41) is 2.96. The van der Waals surface area contributed by atoms with Crippen LogP contribution in [0.5, 0.6) is 0 Å². The van der Waals surface area contributed by atoms with Crippen LogP contribution < -0.4 is 5.32 Å². The average molecular weight is 309 g/mol. The molecule has 0 saturated carbocycles. The maximum atomic E-state index is 12.3. The maximum Gasteiger partial charge on any atom is 0.317 e. The van der Waals surface area contributed by atoms with Crippen molar-refractivity contribution in [3.63, 3.8) is 0 Å². The highest BCUT2D eigenvalue weighted by Crippen LogP contribution is 2.19. The van der Waals surface area contributed by atoms with Crippen LogP contribution in [-0.2, 0) is 4.74 Å². The Kier molecular flexibility index (Phi) is 7.74. The fraction of sp³-hybridized carbons (Fsp3) is 0.824. The zero-order valence-corrected chi connectivity index (χ0v) is 13.9. The summed E-state index contributed by atoms with van der Waals surface area (Å²) < 4.78 is 5.38. The molecule has 0 unspecified atom stereocenters. The zero-order chi connectivity index (χ0) is 15.6. The van der Waals surface area contributed by atoms with Gasteiger partial charge in [-0.3, -0.25) is 4.90 Å². The second-order valence-corrected chi connectivity index (χ2v) is 6.24. The molecule has 1 aliphatic heterocycles. The lowest BCUT2D eigenvalue weighted by molar-refractivity contribution is 0.0363. The lowest BCUT2D eigenvalue weighted by Crippen LogP contribution is -2.44. The molecule has 0 aromatic rings. The maximum absolute atomic E-state index is 12.3. The lowest BCUT2D eigenvalue weighted by Gasteiger charge is -2.30. The van der Waals surface area contributed by atoms with Gasteiger partial charge in [0.05, 0.1) is 13.2 Å². The van der Waals surface area contributed by atoms with Gasteiger partial charge in [-0.15, -0.1) is 0 Å². The van der Waals surface area contributed by atoms with Crippen molar-refractivity contribution < 1.29 is 9.53 Å². The first-order valence-corrected chi connectivity index (χ1v) is 8.77. The summed E-state index contributed by atoms with van der Waals surface area (Å²) >= 11 is 0. The molecule has 0 aromatic heterocycles. The number of allylic oxidation sites excluding steroid dienone is 2. The van der Waals surface area contributed by atoms with Crippen LogP contribution in [0.3, 0.4) is 0 Å². The smallest absolute Gasteiger partial charge is 0.317 e. The highest BCUT2D eigenvalue weighted by Gasteiger charge is 2.19. The molecule has 2 amide bonds. The first kappa shape index (κ1) is 17.3. The van der Waals surface area contributed by atoms with Crippen LogP contribution in [0, 0.1) is 5.92 Å². The van der Waals surface area contributed by atoms with E-state index in [4.69, 9.17) is 4.74 Å². The van der Waals surface area contributed by atoms with E-state index < -0.39 is 0 Å². The van der Waals surface area contributed by atoms with E-state index in [1.807, 2.05) is 11.8 Å². The largest absolute Gasteiger partial charge is 0.379 e. The number of hydrogen-bond acceptors (Lipinski definition) is 3. The van der Waals surface area contributed by atoms with Crippen molar-refractivity contribution in [2.24, 2.45) is 5.92 Å². The Morgan fingerprint density at radius 2 is 2.18 bits per heavy atom. The van der Waals surface area contributed by atoms with Crippen LogP contribution in [0.15, 0.2) is 12.2 Å². The van der Waals surface area contributed by atoms with Gasteiger partial charge in [0.1, 0.15) is 0 Å². The number of amides is 2. The van der Waals surface area contributed by atoms with Gasteiger partial charge in [0.2, 0.25) is 0 Å². The summed E-state index contributed by atoms with van der Waals surface area (Å²) in [6, 6.07) is 0.0963. The molecule has 5 heteroatoms. The number of nitrogens with one attached hydrogen (secondary N) is 1. The molecule has 0 spiro atoms. The summed E-state index contributed by atoms with van der Waals surface area (Å²) in [5.74, 6) is 0.621. The fourth-order valence-electron chi connectivity index (χ4n) is 3.18. The number of hydrogen-bond donors (Lipinski definition) is 1. The lowest BCUT2D eigenvalue weighted by atomic mass is 9.94. The first-order valence-electron chi connectivity index (χ1n) is 8.77. The van der Waals surface area contributed by atoms with Crippen molar-refractivity contribution in [1.82, 2.24) is 15.1 Å². The van der Waals surface area contributed by atoms with Crippen molar-refractivity contribution >= 4 is 6.03 Å². The van der Waals surface area contributed by atoms with Crippen LogP contribution in [0.1, 0.15) is 32.6 Å². The van der Waals surface area contributed by atoms with E-state index in [-0.39, 0.29) is 6.03 Å². The third-order valence-electron chi connectivity index (χ3n) is 4.48. The van der Waals surface area contributed by atoms with E-state index in [1.165, 1.54) is 6.42 Å². The minimum Gasteiger partial charge on any atom is -0.379 e. The molecule has 126 valence electrons. The highest BCUT2D eigenvalue weighted by molar-refractivity contribution is 5.74. The Morgan fingerprint density at radius 3 is 2.86 bits per heavy atom. The molecular formula is C17H31N3O2. The quantitative estimate of drug-likeness (QED) is 0.733. The number of ether oxygens (including phenoxy) is 1. The molecule has 5 nitrogen and oxygen atoms in total. The van der Waals surface area contributed by atoms with Gasteiger partial charge in [-0.2, -0.15) is 0 Å². The fourth-order valence-corrected chi connectivity index (χ4v) is 3.18. The van der Waals surface area contributed by atoms with Crippen molar-refractivity contribution in [1.29, 1.82) is 0 Å². The Bertz CT molecular complexity index is 354. The first-order chi connectivity index (χ1) is 10.8. The molecule has 2 aliphatic rings. The van der Waals surface area contributed by atoms with Gasteiger partial charge >= 0.3 is 6.03 Å². The number of morpholine rings is 1. The van der Waals surface area contributed by atoms with Crippen molar-refractivity contribution in [2.45, 2.75) is 32.6 Å². The van der Waals surface area contributed by atoms with Gasteiger partial charge in [0.25, 0.3) is 0 Å². The van der Waals surface area contributed by atoms with Gasteiger partial charge in [0, 0.05) is 39.3 Å². The monoisotopic (exact) mass is 309 g/mol. The zero-order valence-electron chi connectivity index (χ0n) is 13.9. The molecule has 22 heavy (non-hydrogen) atoms. The predicted octanol–water partition coefficient (Wildman–Crippen LogP) is 2.10. The van der Waals surface area contributed by atoms with E-state index in [0.29, 0.717) is 12.5 Å². The van der Waals surface area contributed by atoms with Crippen LogP contribution in [0.4, 0.5) is 4.79 Å². The van der Waals surface area contributed by atoms with E-state index >= 15 is 0 Å². The normalized spacial score (nSPS) is 22.5. The Hall–Kier alpha value is -1.07. The Labute approximate surface area is 134 Å². The number of rotatable bonds is 7. The van der Waals surface area contributed by atoms with Gasteiger partial charge in [-0.25, -0.2) is 4.79 Å². The third kappa shape index (κ3) is 5.97. The summed E-state index contributed by atoms with van der Waals surface area (Å²) in [6.45, 7) is 9.20. The molecule has 1 atom stereocenters. The second-order valence-electron chi connectivity index (χ2n) is 6.24. The van der Waals surface area contributed by atoms with Crippen molar-refractivity contribution in [3.8, 4) is 0 Å². The third-order valence-corrected chi connectivity index (χ3v) is 4.48. The standard InChI is InChI=1S/C17H31N3O2/c1-2-18-17(21)20(15-16-7-4-3-5-8-16)10-6-9-19-11-13-22-14-12-19/h3-4,16H,2,5-15H2,1H3,(H,18,21)/t16-/m1/s1. The predicted molar refractivity (Wildman–Crippen MR) is 89.0 cm³/mol. The van der Waals surface area contributed by atoms with E-state index in [1.54, 1.807) is 0 Å². The summed E-state index contributed by atoms with van der Waals surface area (Å²) in [4.78, 5) is 16.7. The van der Waals surface area contributed by atoms with Gasteiger partial charge < -0.3 is 15.0 Å². The van der Waals surface area contributed by atoms with Crippen LogP contribution >= 0.6 is 0 Å². The van der Waals surface area contributed by atoms with E-state index in [9.17, 15) is 4.79 Å². The molecule has 1 N–H and O–H groups in total. The van der Waals surface area contributed by atoms with Crippen molar-refractivity contribution in [3.05, 3.63) is 12.2 Å². The molecule has 0 aromatic carbocycles. The Balaban J connectivity index is 1.75. The van der Waals surface area contributed by atoms with Crippen molar-refractivity contribution in [2.75, 3.05) is 52.5 Å². The molecule has 1 aliphatic carbocycles. The van der Waals surface area contributed by atoms with Crippen LogP contribution in [-0.4, -0.2) is 68.3 Å². The van der Waals surface area contributed by atoms with E-state index in [0.717, 1.165) is 65.2 Å². The van der Waals surface area contributed by atoms with Crippen LogP contribution in [0.25, 0.3) is 0 Å². The SMILES string of the molecule is CCNC(=O)N(CCCN1CCOCC1)C[C@@H]1CC=CCC1. The molecular weight excluding hydrogens is 278 g/mol. The molecule has 1 saturated heterocycles.